The molecule has 0 aliphatic carbocycles. The molecule has 1 aliphatic rings. The number of likely N-dealkylation sites (tertiary alicyclic amines) is 1. The topological polar surface area (TPSA) is 69.3 Å². The third kappa shape index (κ3) is 2.64. The van der Waals surface area contributed by atoms with E-state index in [-0.39, 0.29) is 23.3 Å². The summed E-state index contributed by atoms with van der Waals surface area (Å²) in [6.45, 7) is 4.59. The summed E-state index contributed by atoms with van der Waals surface area (Å²) < 4.78 is 16.2. The second kappa shape index (κ2) is 6.29. The summed E-state index contributed by atoms with van der Waals surface area (Å²) in [6.07, 6.45) is 3.05. The molecule has 134 valence electrons. The van der Waals surface area contributed by atoms with E-state index in [0.29, 0.717) is 29.6 Å². The van der Waals surface area contributed by atoms with Gasteiger partial charge in [-0.3, -0.25) is 4.79 Å². The molecule has 4 rings (SSSR count). The molecule has 27 heavy (non-hydrogen) atoms. The quantitative estimate of drug-likeness (QED) is 0.725. The van der Waals surface area contributed by atoms with Gasteiger partial charge in [-0.15, -0.1) is 0 Å². The van der Waals surface area contributed by atoms with Crippen molar-refractivity contribution in [3.63, 3.8) is 0 Å². The Morgan fingerprint density at radius 1 is 1.33 bits per heavy atom. The number of nitriles is 1. The Morgan fingerprint density at radius 2 is 2.11 bits per heavy atom. The summed E-state index contributed by atoms with van der Waals surface area (Å²) in [5.74, 6) is -0.782. The lowest BCUT2D eigenvalue weighted by Gasteiger charge is -2.39. The first-order valence-corrected chi connectivity index (χ1v) is 8.47. The highest BCUT2D eigenvalue weighted by Crippen LogP contribution is 2.36. The molecule has 1 saturated heterocycles. The Bertz CT molecular complexity index is 1100. The second-order valence-corrected chi connectivity index (χ2v) is 6.53. The van der Waals surface area contributed by atoms with Crippen LogP contribution in [-0.2, 0) is 4.79 Å². The lowest BCUT2D eigenvalue weighted by atomic mass is 10.0. The number of aromatic nitrogens is 1. The molecule has 2 heterocycles. The van der Waals surface area contributed by atoms with Gasteiger partial charge in [0.2, 0.25) is 5.91 Å². The summed E-state index contributed by atoms with van der Waals surface area (Å²) in [6, 6.07) is 11.7. The number of fused-ring (bicyclic) bond motifs is 1. The highest BCUT2D eigenvalue weighted by Gasteiger charge is 2.31. The van der Waals surface area contributed by atoms with Gasteiger partial charge < -0.3 is 14.6 Å². The van der Waals surface area contributed by atoms with Crippen molar-refractivity contribution in [3.05, 3.63) is 66.6 Å². The summed E-state index contributed by atoms with van der Waals surface area (Å²) in [5, 5.41) is 20.2. The number of hydrogen-bond acceptors (Lipinski definition) is 3. The van der Waals surface area contributed by atoms with Crippen LogP contribution in [0.5, 0.6) is 5.75 Å². The Hall–Kier alpha value is -3.59. The minimum absolute atomic E-state index is 0.0752. The Balaban J connectivity index is 1.77. The van der Waals surface area contributed by atoms with Gasteiger partial charge in [-0.2, -0.15) is 5.26 Å². The first-order valence-electron chi connectivity index (χ1n) is 8.47. The van der Waals surface area contributed by atoms with E-state index in [1.54, 1.807) is 23.2 Å². The van der Waals surface area contributed by atoms with Crippen LogP contribution in [0.25, 0.3) is 22.0 Å². The second-order valence-electron chi connectivity index (χ2n) is 6.53. The standard InChI is InChI=1S/C21H16FN3O2/c1-2-20(27)24-11-15(12-24)25-10-14(9-23)16-8-13(6-7-18(16)25)21-17(22)4-3-5-19(21)26/h2-8,10,15,26H,1,11-12H2. The molecule has 0 spiro atoms. The van der Waals surface area contributed by atoms with Crippen LogP contribution in [0.15, 0.2) is 55.3 Å². The smallest absolute Gasteiger partial charge is 0.246 e. The maximum atomic E-state index is 14.2. The van der Waals surface area contributed by atoms with Crippen molar-refractivity contribution in [2.45, 2.75) is 6.04 Å². The minimum atomic E-state index is -0.523. The molecular weight excluding hydrogens is 345 g/mol. The summed E-state index contributed by atoms with van der Waals surface area (Å²) >= 11 is 0. The van der Waals surface area contributed by atoms with Crippen LogP contribution < -0.4 is 0 Å². The number of carbonyl (C=O) groups is 1. The average molecular weight is 361 g/mol. The zero-order chi connectivity index (χ0) is 19.1. The lowest BCUT2D eigenvalue weighted by Crippen LogP contribution is -2.49. The Labute approximate surface area is 155 Å². The Kier molecular flexibility index (Phi) is 3.93. The fourth-order valence-corrected chi connectivity index (χ4v) is 3.54. The van der Waals surface area contributed by atoms with Crippen LogP contribution in [0, 0.1) is 17.1 Å². The molecule has 0 radical (unpaired) electrons. The van der Waals surface area contributed by atoms with Crippen LogP contribution in [0.3, 0.4) is 0 Å². The maximum absolute atomic E-state index is 14.2. The van der Waals surface area contributed by atoms with Crippen molar-refractivity contribution in [3.8, 4) is 22.9 Å². The SMILES string of the molecule is C=CC(=O)N1CC(n2cc(C#N)c3cc(-c4c(O)cccc4F)ccc32)C1. The van der Waals surface area contributed by atoms with Crippen molar-refractivity contribution < 1.29 is 14.3 Å². The molecule has 0 unspecified atom stereocenters. The van der Waals surface area contributed by atoms with Gasteiger partial charge in [0.1, 0.15) is 17.6 Å². The van der Waals surface area contributed by atoms with Crippen molar-refractivity contribution >= 4 is 16.8 Å². The summed E-state index contributed by atoms with van der Waals surface area (Å²) in [5.41, 5.74) is 1.92. The average Bonchev–Trinajstić information content (AvgIpc) is 2.98. The monoisotopic (exact) mass is 361 g/mol. The zero-order valence-corrected chi connectivity index (χ0v) is 14.4. The van der Waals surface area contributed by atoms with Crippen molar-refractivity contribution in [1.82, 2.24) is 9.47 Å². The van der Waals surface area contributed by atoms with Crippen molar-refractivity contribution in [1.29, 1.82) is 5.26 Å². The molecule has 1 aliphatic heterocycles. The highest BCUT2D eigenvalue weighted by molar-refractivity contribution is 5.92. The van der Waals surface area contributed by atoms with Gasteiger partial charge in [0.15, 0.2) is 0 Å². The number of aromatic hydroxyl groups is 1. The molecule has 5 nitrogen and oxygen atoms in total. The minimum Gasteiger partial charge on any atom is -0.507 e. The van der Waals surface area contributed by atoms with Crippen LogP contribution in [0.2, 0.25) is 0 Å². The molecule has 0 saturated carbocycles. The number of benzene rings is 2. The predicted octanol–water partition coefficient (Wildman–Crippen LogP) is 3.59. The number of hydrogen-bond donors (Lipinski definition) is 1. The number of phenols is 1. The summed E-state index contributed by atoms with van der Waals surface area (Å²) in [7, 11) is 0. The molecule has 1 fully saturated rings. The molecule has 0 atom stereocenters. The number of nitrogens with zero attached hydrogens (tertiary/aromatic N) is 3. The zero-order valence-electron chi connectivity index (χ0n) is 14.4. The molecule has 1 aromatic heterocycles. The van der Waals surface area contributed by atoms with E-state index < -0.39 is 5.82 Å². The van der Waals surface area contributed by atoms with Gasteiger partial charge >= 0.3 is 0 Å². The fraction of sp³-hybridized carbons (Fsp3) is 0.143. The van der Waals surface area contributed by atoms with E-state index in [9.17, 15) is 19.6 Å². The van der Waals surface area contributed by atoms with E-state index in [0.717, 1.165) is 5.52 Å². The summed E-state index contributed by atoms with van der Waals surface area (Å²) in [4.78, 5) is 13.3. The lowest BCUT2D eigenvalue weighted by molar-refractivity contribution is -0.131. The number of rotatable bonds is 3. The fourth-order valence-electron chi connectivity index (χ4n) is 3.54. The molecule has 6 heteroatoms. The van der Waals surface area contributed by atoms with Gasteiger partial charge in [0.05, 0.1) is 17.2 Å². The van der Waals surface area contributed by atoms with Crippen LogP contribution in [0.4, 0.5) is 4.39 Å². The maximum Gasteiger partial charge on any atom is 0.246 e. The number of halogens is 1. The van der Waals surface area contributed by atoms with Crippen LogP contribution in [0.1, 0.15) is 11.6 Å². The van der Waals surface area contributed by atoms with E-state index in [4.69, 9.17) is 0 Å². The predicted molar refractivity (Wildman–Crippen MR) is 99.5 cm³/mol. The molecule has 3 aromatic rings. The molecule has 2 aromatic carbocycles. The molecule has 1 amide bonds. The Morgan fingerprint density at radius 3 is 2.78 bits per heavy atom. The van der Waals surface area contributed by atoms with E-state index >= 15 is 0 Å². The normalized spacial score (nSPS) is 14.0. The number of carbonyl (C=O) groups excluding carboxylic acids is 1. The van der Waals surface area contributed by atoms with Crippen molar-refractivity contribution in [2.24, 2.45) is 0 Å². The van der Waals surface area contributed by atoms with Crippen LogP contribution in [-0.4, -0.2) is 33.6 Å². The van der Waals surface area contributed by atoms with Gasteiger partial charge in [0.25, 0.3) is 0 Å². The van der Waals surface area contributed by atoms with Gasteiger partial charge in [-0.1, -0.05) is 18.7 Å². The first kappa shape index (κ1) is 16.9. The molecule has 1 N–H and O–H groups in total. The third-order valence-corrected chi connectivity index (χ3v) is 4.98. The van der Waals surface area contributed by atoms with Gasteiger partial charge in [0, 0.05) is 30.2 Å². The highest BCUT2D eigenvalue weighted by atomic mass is 19.1. The van der Waals surface area contributed by atoms with Crippen LogP contribution >= 0.6 is 0 Å². The van der Waals surface area contributed by atoms with E-state index in [2.05, 4.69) is 12.6 Å². The number of phenolic OH excluding ortho intramolecular Hbond substituents is 1. The first-order chi connectivity index (χ1) is 13.0. The van der Waals surface area contributed by atoms with Crippen molar-refractivity contribution in [2.75, 3.05) is 13.1 Å². The third-order valence-electron chi connectivity index (χ3n) is 4.98. The number of amides is 1. The van der Waals surface area contributed by atoms with Gasteiger partial charge in [-0.25, -0.2) is 4.39 Å². The largest absolute Gasteiger partial charge is 0.507 e. The van der Waals surface area contributed by atoms with E-state index in [1.807, 2.05) is 10.6 Å². The van der Waals surface area contributed by atoms with E-state index in [1.165, 1.54) is 24.3 Å². The van der Waals surface area contributed by atoms with Gasteiger partial charge in [-0.05, 0) is 35.9 Å². The molecular formula is C21H16FN3O2. The molecule has 0 bridgehead atoms.